The smallest absolute Gasteiger partial charge is 0.285 e. The summed E-state index contributed by atoms with van der Waals surface area (Å²) < 4.78 is 1.04. The summed E-state index contributed by atoms with van der Waals surface area (Å²) in [4.78, 5) is 33.2. The van der Waals surface area contributed by atoms with Crippen LogP contribution in [0.5, 0.6) is 0 Å². The molecule has 110 valence electrons. The maximum atomic E-state index is 11.6. The molecule has 20 heavy (non-hydrogen) atoms. The lowest BCUT2D eigenvalue weighted by Crippen LogP contribution is -2.32. The molecule has 0 bridgehead atoms. The Kier molecular flexibility index (Phi) is 6.42. The fraction of sp³-hybridized carbons (Fsp3) is 0.538. The fourth-order valence-corrected chi connectivity index (χ4v) is 1.74. The molecule has 0 unspecified atom stereocenters. The number of aromatic nitrogens is 1. The molecule has 0 atom stereocenters. The van der Waals surface area contributed by atoms with E-state index in [-0.39, 0.29) is 18.1 Å². The van der Waals surface area contributed by atoms with Crippen LogP contribution in [0.4, 0.5) is 5.69 Å². The quantitative estimate of drug-likeness (QED) is 0.443. The van der Waals surface area contributed by atoms with E-state index in [1.54, 1.807) is 0 Å². The van der Waals surface area contributed by atoms with Gasteiger partial charge in [0.25, 0.3) is 11.2 Å². The van der Waals surface area contributed by atoms with Gasteiger partial charge in [-0.15, -0.1) is 0 Å². The first kappa shape index (κ1) is 15.9. The summed E-state index contributed by atoms with van der Waals surface area (Å²) in [6.07, 6.45) is 5.27. The maximum absolute atomic E-state index is 11.6. The van der Waals surface area contributed by atoms with Crippen molar-refractivity contribution in [2.45, 2.75) is 39.2 Å². The van der Waals surface area contributed by atoms with Crippen LogP contribution in [0.25, 0.3) is 0 Å². The first-order valence-electron chi connectivity index (χ1n) is 6.66. The number of nitro groups is 1. The Morgan fingerprint density at radius 3 is 2.75 bits per heavy atom. The largest absolute Gasteiger partial charge is 0.355 e. The molecule has 0 saturated carbocycles. The Morgan fingerprint density at radius 1 is 1.35 bits per heavy atom. The first-order chi connectivity index (χ1) is 9.54. The summed E-state index contributed by atoms with van der Waals surface area (Å²) in [6.45, 7) is 2.46. The normalized spacial score (nSPS) is 10.2. The van der Waals surface area contributed by atoms with E-state index in [9.17, 15) is 19.7 Å². The number of unbranched alkanes of at least 4 members (excludes halogenated alkanes) is 3. The van der Waals surface area contributed by atoms with Crippen molar-refractivity contribution < 1.29 is 9.72 Å². The first-order valence-corrected chi connectivity index (χ1v) is 6.66. The second kappa shape index (κ2) is 8.08. The Balaban J connectivity index is 2.51. The molecule has 0 aromatic carbocycles. The molecule has 1 aromatic rings. The monoisotopic (exact) mass is 281 g/mol. The van der Waals surface area contributed by atoms with Crippen LogP contribution in [0, 0.1) is 10.1 Å². The second-order valence-electron chi connectivity index (χ2n) is 4.52. The number of hydrogen-bond acceptors (Lipinski definition) is 4. The van der Waals surface area contributed by atoms with E-state index in [0.29, 0.717) is 6.54 Å². The Labute approximate surface area is 116 Å². The molecule has 7 nitrogen and oxygen atoms in total. The van der Waals surface area contributed by atoms with E-state index in [0.717, 1.165) is 48.6 Å². The number of hydrogen-bond donors (Lipinski definition) is 1. The lowest BCUT2D eigenvalue weighted by atomic mass is 10.2. The Morgan fingerprint density at radius 2 is 2.10 bits per heavy atom. The molecule has 0 aliphatic rings. The summed E-state index contributed by atoms with van der Waals surface area (Å²) in [5, 5.41) is 13.3. The van der Waals surface area contributed by atoms with Gasteiger partial charge in [0.15, 0.2) is 0 Å². The van der Waals surface area contributed by atoms with Crippen LogP contribution >= 0.6 is 0 Å². The van der Waals surface area contributed by atoms with E-state index >= 15 is 0 Å². The van der Waals surface area contributed by atoms with E-state index in [2.05, 4.69) is 12.2 Å². The van der Waals surface area contributed by atoms with Crippen LogP contribution in [0.15, 0.2) is 23.1 Å². The lowest BCUT2D eigenvalue weighted by Gasteiger charge is -2.07. The van der Waals surface area contributed by atoms with Crippen LogP contribution in [0.3, 0.4) is 0 Å². The summed E-state index contributed by atoms with van der Waals surface area (Å²) >= 11 is 0. The third kappa shape index (κ3) is 5.21. The molecule has 1 aromatic heterocycles. The van der Waals surface area contributed by atoms with Gasteiger partial charge in [-0.3, -0.25) is 24.3 Å². The number of rotatable bonds is 8. The second-order valence-corrected chi connectivity index (χ2v) is 4.52. The minimum atomic E-state index is -0.599. The highest BCUT2D eigenvalue weighted by Gasteiger charge is 2.10. The van der Waals surface area contributed by atoms with Gasteiger partial charge in [0.1, 0.15) is 6.54 Å². The van der Waals surface area contributed by atoms with Gasteiger partial charge in [-0.2, -0.15) is 0 Å². The Bertz CT molecular complexity index is 525. The highest BCUT2D eigenvalue weighted by atomic mass is 16.6. The molecule has 1 N–H and O–H groups in total. The topological polar surface area (TPSA) is 94.2 Å². The van der Waals surface area contributed by atoms with Gasteiger partial charge in [0.2, 0.25) is 5.91 Å². The van der Waals surface area contributed by atoms with Crippen LogP contribution in [-0.2, 0) is 11.3 Å². The zero-order valence-corrected chi connectivity index (χ0v) is 11.5. The number of nitrogens with zero attached hydrogens (tertiary/aromatic N) is 2. The molecule has 0 spiro atoms. The molecule has 1 heterocycles. The third-order valence-corrected chi connectivity index (χ3v) is 2.85. The van der Waals surface area contributed by atoms with Crippen molar-refractivity contribution in [1.82, 2.24) is 9.88 Å². The number of pyridine rings is 1. The van der Waals surface area contributed by atoms with Gasteiger partial charge in [-0.05, 0) is 6.42 Å². The van der Waals surface area contributed by atoms with Gasteiger partial charge in [-0.1, -0.05) is 26.2 Å². The van der Waals surface area contributed by atoms with Gasteiger partial charge in [0, 0.05) is 18.7 Å². The van der Waals surface area contributed by atoms with E-state index in [1.165, 1.54) is 0 Å². The molecule has 0 aliphatic heterocycles. The van der Waals surface area contributed by atoms with Crippen LogP contribution in [-0.4, -0.2) is 21.9 Å². The molecular weight excluding hydrogens is 262 g/mol. The van der Waals surface area contributed by atoms with E-state index in [1.807, 2.05) is 0 Å². The minimum absolute atomic E-state index is 0.200. The fourth-order valence-electron chi connectivity index (χ4n) is 1.74. The summed E-state index contributed by atoms with van der Waals surface area (Å²) in [5.74, 6) is -0.316. The predicted octanol–water partition coefficient (Wildman–Crippen LogP) is 1.45. The molecule has 1 rings (SSSR count). The minimum Gasteiger partial charge on any atom is -0.355 e. The zero-order valence-electron chi connectivity index (χ0n) is 11.5. The third-order valence-electron chi connectivity index (χ3n) is 2.85. The van der Waals surface area contributed by atoms with E-state index < -0.39 is 10.5 Å². The number of carbonyl (C=O) groups excluding carboxylic acids is 1. The van der Waals surface area contributed by atoms with Crippen molar-refractivity contribution in [2.75, 3.05) is 6.54 Å². The van der Waals surface area contributed by atoms with Gasteiger partial charge < -0.3 is 5.32 Å². The van der Waals surface area contributed by atoms with E-state index in [4.69, 9.17) is 0 Å². The van der Waals surface area contributed by atoms with Crippen molar-refractivity contribution in [3.05, 3.63) is 38.8 Å². The van der Waals surface area contributed by atoms with Crippen LogP contribution < -0.4 is 10.9 Å². The van der Waals surface area contributed by atoms with Crippen molar-refractivity contribution in [3.63, 3.8) is 0 Å². The molecule has 1 amide bonds. The number of carbonyl (C=O) groups is 1. The molecule has 0 saturated heterocycles. The number of nitrogens with one attached hydrogen (secondary N) is 1. The maximum Gasteiger partial charge on any atom is 0.285 e. The SMILES string of the molecule is CCCCCCNC(=O)Cn1cc([N+](=O)[O-])ccc1=O. The molecule has 0 fully saturated rings. The average molecular weight is 281 g/mol. The summed E-state index contributed by atoms with van der Waals surface area (Å²) in [7, 11) is 0. The van der Waals surface area contributed by atoms with Gasteiger partial charge >= 0.3 is 0 Å². The average Bonchev–Trinajstić information content (AvgIpc) is 2.40. The number of amides is 1. The molecule has 0 aliphatic carbocycles. The van der Waals surface area contributed by atoms with Gasteiger partial charge in [0.05, 0.1) is 11.1 Å². The highest BCUT2D eigenvalue weighted by molar-refractivity contribution is 5.75. The van der Waals surface area contributed by atoms with Crippen LogP contribution in [0.2, 0.25) is 0 Å². The molecular formula is C13H19N3O4. The molecule has 7 heteroatoms. The summed E-state index contributed by atoms with van der Waals surface area (Å²) in [5.41, 5.74) is -0.642. The zero-order chi connectivity index (χ0) is 15.0. The standard InChI is InChI=1S/C13H19N3O4/c1-2-3-4-5-8-14-12(17)10-15-9-11(16(19)20)6-7-13(15)18/h6-7,9H,2-5,8,10H2,1H3,(H,14,17). The van der Waals surface area contributed by atoms with Crippen molar-refractivity contribution in [2.24, 2.45) is 0 Å². The summed E-state index contributed by atoms with van der Waals surface area (Å²) in [6, 6.07) is 2.22. The highest BCUT2D eigenvalue weighted by Crippen LogP contribution is 2.06. The van der Waals surface area contributed by atoms with Crippen molar-refractivity contribution in [1.29, 1.82) is 0 Å². The predicted molar refractivity (Wildman–Crippen MR) is 74.5 cm³/mol. The van der Waals surface area contributed by atoms with Crippen molar-refractivity contribution in [3.8, 4) is 0 Å². The Hall–Kier alpha value is -2.18. The molecule has 0 radical (unpaired) electrons. The lowest BCUT2D eigenvalue weighted by molar-refractivity contribution is -0.385. The van der Waals surface area contributed by atoms with Crippen LogP contribution in [0.1, 0.15) is 32.6 Å². The van der Waals surface area contributed by atoms with Gasteiger partial charge in [-0.25, -0.2) is 0 Å². The van der Waals surface area contributed by atoms with Crippen molar-refractivity contribution >= 4 is 11.6 Å².